The van der Waals surface area contributed by atoms with E-state index in [2.05, 4.69) is 26.2 Å². The van der Waals surface area contributed by atoms with Crippen LogP contribution >= 0.6 is 0 Å². The van der Waals surface area contributed by atoms with Gasteiger partial charge in [-0.2, -0.15) is 0 Å². The molecule has 1 saturated heterocycles. The van der Waals surface area contributed by atoms with Crippen LogP contribution in [0, 0.1) is 19.9 Å². The first-order chi connectivity index (χ1) is 6.02. The molecule has 2 unspecified atom stereocenters. The summed E-state index contributed by atoms with van der Waals surface area (Å²) in [6.07, 6.45) is 0.914. The Balaban J connectivity index is 0.00000169. The molecule has 3 nitrogen and oxygen atoms in total. The van der Waals surface area contributed by atoms with E-state index in [0.717, 1.165) is 13.0 Å². The topological polar surface area (TPSA) is 32.3 Å². The van der Waals surface area contributed by atoms with Gasteiger partial charge in [0.25, 0.3) is 0 Å². The molecule has 0 spiro atoms. The van der Waals surface area contributed by atoms with Crippen LogP contribution in [0.1, 0.15) is 20.3 Å². The predicted molar refractivity (Wildman–Crippen MR) is 52.6 cm³/mol. The maximum Gasteiger partial charge on any atom is 0.208 e. The zero-order valence-electron chi connectivity index (χ0n) is 8.99. The zero-order chi connectivity index (χ0) is 10.0. The van der Waals surface area contributed by atoms with Gasteiger partial charge in [-0.15, -0.1) is 6.04 Å². The summed E-state index contributed by atoms with van der Waals surface area (Å²) < 4.78 is 0. The van der Waals surface area contributed by atoms with Gasteiger partial charge in [0.2, 0.25) is 5.91 Å². The number of amides is 1. The van der Waals surface area contributed by atoms with Gasteiger partial charge in [0, 0.05) is 32.7 Å². The van der Waals surface area contributed by atoms with Crippen molar-refractivity contribution in [3.05, 3.63) is 14.0 Å². The fourth-order valence-corrected chi connectivity index (χ4v) is 1.52. The molecule has 0 saturated carbocycles. The second-order valence-corrected chi connectivity index (χ2v) is 3.96. The number of carbonyl (C=O) groups is 1. The van der Waals surface area contributed by atoms with Crippen molar-refractivity contribution in [2.45, 2.75) is 32.4 Å². The minimum absolute atomic E-state index is 0. The summed E-state index contributed by atoms with van der Waals surface area (Å²) in [5.41, 5.74) is 0. The predicted octanol–water partition coefficient (Wildman–Crippen LogP) is 0.825. The van der Waals surface area contributed by atoms with Crippen molar-refractivity contribution < 1.29 is 37.5 Å². The Hall–Kier alpha value is 0.534. The van der Waals surface area contributed by atoms with Crippen LogP contribution in [-0.4, -0.2) is 29.4 Å². The molecule has 1 N–H and O–H groups in total. The van der Waals surface area contributed by atoms with E-state index < -0.39 is 0 Å². The third kappa shape index (κ3) is 3.60. The van der Waals surface area contributed by atoms with E-state index in [4.69, 9.17) is 0 Å². The van der Waals surface area contributed by atoms with Gasteiger partial charge in [-0.3, -0.25) is 11.8 Å². The van der Waals surface area contributed by atoms with Crippen molar-refractivity contribution in [1.82, 2.24) is 10.2 Å². The molecule has 0 aromatic heterocycles. The number of hydrogen-bond acceptors (Lipinski definition) is 2. The van der Waals surface area contributed by atoms with Crippen LogP contribution in [0.4, 0.5) is 0 Å². The molecule has 0 aromatic carbocycles. The van der Waals surface area contributed by atoms with E-state index >= 15 is 0 Å². The molecule has 79 valence electrons. The van der Waals surface area contributed by atoms with Crippen molar-refractivity contribution in [2.75, 3.05) is 6.54 Å². The molecule has 1 radical (unpaired) electrons. The minimum Gasteiger partial charge on any atom is -0.517 e. The number of rotatable bonds is 2. The first-order valence-electron chi connectivity index (χ1n) is 4.72. The summed E-state index contributed by atoms with van der Waals surface area (Å²) >= 11 is 0. The van der Waals surface area contributed by atoms with Gasteiger partial charge in [0.15, 0.2) is 0 Å². The molecule has 0 aromatic rings. The third-order valence-corrected chi connectivity index (χ3v) is 2.46. The molecule has 1 aliphatic rings. The number of hydrogen-bond donors (Lipinski definition) is 1. The molecule has 0 bridgehead atoms. The minimum atomic E-state index is -0.0646. The van der Waals surface area contributed by atoms with Crippen LogP contribution in [0.2, 0.25) is 0 Å². The van der Waals surface area contributed by atoms with Gasteiger partial charge < -0.3 is 17.1 Å². The average molecular weight is 271 g/mol. The Kier molecular flexibility index (Phi) is 6.43. The molecular weight excluding hydrogens is 253 g/mol. The smallest absolute Gasteiger partial charge is 0.208 e. The van der Waals surface area contributed by atoms with Gasteiger partial charge in [-0.05, 0) is 18.9 Å². The van der Waals surface area contributed by atoms with Crippen LogP contribution in [-0.2, 0) is 37.5 Å². The SMILES string of the molecule is [CH2-]C(C)N([CH2-])C(=O)[C@@H]1CC(C)CN1.[Y]. The molecular formula is C10H18N2OY-2. The number of carbonyl (C=O) groups excluding carboxylic acids is 1. The van der Waals surface area contributed by atoms with Crippen LogP contribution in [0.3, 0.4) is 0 Å². The summed E-state index contributed by atoms with van der Waals surface area (Å²) in [4.78, 5) is 13.1. The van der Waals surface area contributed by atoms with E-state index in [9.17, 15) is 4.79 Å². The summed E-state index contributed by atoms with van der Waals surface area (Å²) in [6, 6.07) is -0.109. The summed E-state index contributed by atoms with van der Waals surface area (Å²) in [5, 5.41) is 3.18. The monoisotopic (exact) mass is 271 g/mol. The molecule has 14 heavy (non-hydrogen) atoms. The molecule has 3 atom stereocenters. The van der Waals surface area contributed by atoms with Crippen molar-refractivity contribution in [1.29, 1.82) is 0 Å². The zero-order valence-corrected chi connectivity index (χ0v) is 11.8. The van der Waals surface area contributed by atoms with Gasteiger partial charge in [0.1, 0.15) is 0 Å². The van der Waals surface area contributed by atoms with Gasteiger partial charge >= 0.3 is 0 Å². The largest absolute Gasteiger partial charge is 0.517 e. The quantitative estimate of drug-likeness (QED) is 0.754. The summed E-state index contributed by atoms with van der Waals surface area (Å²) in [5.74, 6) is 0.648. The summed E-state index contributed by atoms with van der Waals surface area (Å²) in [6.45, 7) is 8.70. The van der Waals surface area contributed by atoms with Crippen LogP contribution in [0.15, 0.2) is 0 Å². The molecule has 1 rings (SSSR count). The van der Waals surface area contributed by atoms with Crippen LogP contribution in [0.25, 0.3) is 0 Å². The maximum absolute atomic E-state index is 11.7. The molecule has 1 heterocycles. The van der Waals surface area contributed by atoms with Gasteiger partial charge in [-0.1, -0.05) is 13.8 Å². The van der Waals surface area contributed by atoms with Crippen molar-refractivity contribution in [3.8, 4) is 0 Å². The summed E-state index contributed by atoms with van der Waals surface area (Å²) in [7, 11) is 3.69. The van der Waals surface area contributed by atoms with Gasteiger partial charge in [-0.25, -0.2) is 0 Å². The fourth-order valence-electron chi connectivity index (χ4n) is 1.52. The van der Waals surface area contributed by atoms with Gasteiger partial charge in [0.05, 0.1) is 6.04 Å². The molecule has 1 amide bonds. The molecule has 4 heteroatoms. The molecule has 0 aliphatic carbocycles. The number of nitrogens with one attached hydrogen (secondary N) is 1. The second-order valence-electron chi connectivity index (χ2n) is 3.96. The number of nitrogens with zero attached hydrogens (tertiary/aromatic N) is 1. The second kappa shape index (κ2) is 6.19. The Bertz CT molecular complexity index is 197. The Morgan fingerprint density at radius 3 is 2.57 bits per heavy atom. The third-order valence-electron chi connectivity index (χ3n) is 2.46. The van der Waals surface area contributed by atoms with Crippen molar-refractivity contribution in [2.24, 2.45) is 5.92 Å². The first-order valence-corrected chi connectivity index (χ1v) is 4.72. The van der Waals surface area contributed by atoms with E-state index in [1.807, 2.05) is 6.92 Å². The Labute approximate surface area is 112 Å². The van der Waals surface area contributed by atoms with Crippen LogP contribution in [0.5, 0.6) is 0 Å². The van der Waals surface area contributed by atoms with E-state index in [-0.39, 0.29) is 50.7 Å². The van der Waals surface area contributed by atoms with Crippen molar-refractivity contribution in [3.63, 3.8) is 0 Å². The first kappa shape index (κ1) is 14.5. The van der Waals surface area contributed by atoms with Crippen molar-refractivity contribution >= 4 is 5.91 Å². The fraction of sp³-hybridized carbons (Fsp3) is 0.700. The standard InChI is InChI=1S/C10H18N2O.Y/c1-7(2)12(4)10(13)9-5-8(3)6-11-9;/h7-9,11H,1,4-6H2,2-3H3;/q-2;/t7?,8?,9-;/m0./s1. The Morgan fingerprint density at radius 2 is 2.21 bits per heavy atom. The average Bonchev–Trinajstić information content (AvgIpc) is 2.49. The molecule has 1 aliphatic heterocycles. The van der Waals surface area contributed by atoms with E-state index in [1.165, 1.54) is 4.90 Å². The molecule has 1 fully saturated rings. The van der Waals surface area contributed by atoms with Crippen LogP contribution < -0.4 is 5.32 Å². The Morgan fingerprint density at radius 1 is 1.64 bits per heavy atom. The van der Waals surface area contributed by atoms with E-state index in [1.54, 1.807) is 0 Å². The normalized spacial score (nSPS) is 28.0. The maximum atomic E-state index is 11.7. The van der Waals surface area contributed by atoms with E-state index in [0.29, 0.717) is 5.92 Å².